The first-order chi connectivity index (χ1) is 10.3. The highest BCUT2D eigenvalue weighted by molar-refractivity contribution is 6.17. The predicted octanol–water partition coefficient (Wildman–Crippen LogP) is 3.64. The van der Waals surface area contributed by atoms with Crippen molar-refractivity contribution < 1.29 is 9.47 Å². The molecular weight excluding hydrogens is 288 g/mol. The number of rotatable bonds is 9. The van der Waals surface area contributed by atoms with Gasteiger partial charge in [-0.3, -0.25) is 0 Å². The summed E-state index contributed by atoms with van der Waals surface area (Å²) in [6, 6.07) is 6.00. The number of aromatic nitrogens is 2. The van der Waals surface area contributed by atoms with E-state index in [1.807, 2.05) is 12.1 Å². The predicted molar refractivity (Wildman–Crippen MR) is 86.4 cm³/mol. The second-order valence-corrected chi connectivity index (χ2v) is 5.32. The van der Waals surface area contributed by atoms with E-state index in [1.54, 1.807) is 7.11 Å². The van der Waals surface area contributed by atoms with E-state index in [4.69, 9.17) is 21.1 Å². The van der Waals surface area contributed by atoms with Crippen LogP contribution in [0.2, 0.25) is 0 Å². The van der Waals surface area contributed by atoms with Gasteiger partial charge in [0.25, 0.3) is 0 Å². The largest absolute Gasteiger partial charge is 0.497 e. The summed E-state index contributed by atoms with van der Waals surface area (Å²) in [5.74, 6) is 2.44. The lowest BCUT2D eigenvalue weighted by Crippen LogP contribution is -2.07. The smallest absolute Gasteiger partial charge is 0.121 e. The fourth-order valence-corrected chi connectivity index (χ4v) is 2.55. The van der Waals surface area contributed by atoms with Gasteiger partial charge in [-0.2, -0.15) is 0 Å². The average molecular weight is 311 g/mol. The minimum absolute atomic E-state index is 0.576. The molecule has 0 aliphatic carbocycles. The van der Waals surface area contributed by atoms with Crippen LogP contribution in [-0.4, -0.2) is 35.8 Å². The molecule has 0 aliphatic heterocycles. The number of benzene rings is 1. The molecule has 4 nitrogen and oxygen atoms in total. The Kier molecular flexibility index (Phi) is 6.33. The van der Waals surface area contributed by atoms with Crippen molar-refractivity contribution in [2.45, 2.75) is 32.7 Å². The average Bonchev–Trinajstić information content (AvgIpc) is 2.84. The first-order valence-corrected chi connectivity index (χ1v) is 8.00. The molecule has 0 amide bonds. The molecule has 0 saturated heterocycles. The van der Waals surface area contributed by atoms with E-state index in [9.17, 15) is 0 Å². The highest BCUT2D eigenvalue weighted by atomic mass is 35.5. The van der Waals surface area contributed by atoms with Crippen molar-refractivity contribution in [1.29, 1.82) is 0 Å². The minimum Gasteiger partial charge on any atom is -0.497 e. The molecule has 1 heterocycles. The normalized spacial score (nSPS) is 11.2. The maximum atomic E-state index is 5.89. The number of ether oxygens (including phenoxy) is 2. The Labute approximate surface area is 131 Å². The first-order valence-electron chi connectivity index (χ1n) is 7.47. The van der Waals surface area contributed by atoms with Crippen molar-refractivity contribution in [1.82, 2.24) is 9.55 Å². The molecule has 5 heteroatoms. The van der Waals surface area contributed by atoms with E-state index in [0.29, 0.717) is 5.88 Å². The maximum absolute atomic E-state index is 5.89. The summed E-state index contributed by atoms with van der Waals surface area (Å²) in [5, 5.41) is 0. The van der Waals surface area contributed by atoms with Gasteiger partial charge in [-0.1, -0.05) is 6.92 Å². The molecule has 116 valence electrons. The number of halogens is 1. The molecule has 2 rings (SSSR count). The van der Waals surface area contributed by atoms with Crippen LogP contribution in [0.5, 0.6) is 5.75 Å². The van der Waals surface area contributed by atoms with Crippen molar-refractivity contribution in [2.75, 3.05) is 26.2 Å². The molecule has 0 N–H and O–H groups in total. The molecule has 21 heavy (non-hydrogen) atoms. The fraction of sp³-hybridized carbons (Fsp3) is 0.562. The number of fused-ring (bicyclic) bond motifs is 1. The van der Waals surface area contributed by atoms with Gasteiger partial charge in [0.15, 0.2) is 0 Å². The second-order valence-electron chi connectivity index (χ2n) is 4.94. The first kappa shape index (κ1) is 16.1. The van der Waals surface area contributed by atoms with Gasteiger partial charge < -0.3 is 14.0 Å². The van der Waals surface area contributed by atoms with Crippen LogP contribution in [0.25, 0.3) is 11.0 Å². The van der Waals surface area contributed by atoms with Crippen LogP contribution in [-0.2, 0) is 17.7 Å². The summed E-state index contributed by atoms with van der Waals surface area (Å²) in [6.07, 6.45) is 2.81. The van der Waals surface area contributed by atoms with E-state index < -0.39 is 0 Å². The van der Waals surface area contributed by atoms with E-state index in [2.05, 4.69) is 22.5 Å². The van der Waals surface area contributed by atoms with Gasteiger partial charge >= 0.3 is 0 Å². The molecule has 0 bridgehead atoms. The maximum Gasteiger partial charge on any atom is 0.121 e. The molecule has 0 saturated carbocycles. The molecule has 0 aliphatic rings. The number of hydrogen-bond acceptors (Lipinski definition) is 3. The third kappa shape index (κ3) is 4.11. The monoisotopic (exact) mass is 310 g/mol. The van der Waals surface area contributed by atoms with Crippen LogP contribution >= 0.6 is 11.6 Å². The Balaban J connectivity index is 2.16. The summed E-state index contributed by atoms with van der Waals surface area (Å²) in [6.45, 7) is 4.63. The lowest BCUT2D eigenvalue weighted by molar-refractivity contribution is 0.129. The van der Waals surface area contributed by atoms with E-state index >= 15 is 0 Å². The highest BCUT2D eigenvalue weighted by Crippen LogP contribution is 2.22. The van der Waals surface area contributed by atoms with Crippen molar-refractivity contribution in [3.05, 3.63) is 24.0 Å². The van der Waals surface area contributed by atoms with E-state index in [1.165, 1.54) is 0 Å². The van der Waals surface area contributed by atoms with Crippen LogP contribution in [0, 0.1) is 0 Å². The summed E-state index contributed by atoms with van der Waals surface area (Å²) in [4.78, 5) is 4.68. The topological polar surface area (TPSA) is 36.3 Å². The van der Waals surface area contributed by atoms with Crippen LogP contribution in [0.4, 0.5) is 0 Å². The van der Waals surface area contributed by atoms with Gasteiger partial charge in [-0.05, 0) is 25.0 Å². The number of aryl methyl sites for hydroxylation is 2. The quantitative estimate of drug-likeness (QED) is 0.524. The number of nitrogens with zero attached hydrogens (tertiary/aromatic N) is 2. The van der Waals surface area contributed by atoms with Gasteiger partial charge in [0.2, 0.25) is 0 Å². The number of methoxy groups -OCH3 is 1. The zero-order chi connectivity index (χ0) is 15.1. The van der Waals surface area contributed by atoms with Gasteiger partial charge in [-0.25, -0.2) is 4.98 Å². The molecular formula is C16H23ClN2O2. The Morgan fingerprint density at radius 3 is 2.86 bits per heavy atom. The summed E-state index contributed by atoms with van der Waals surface area (Å²) >= 11 is 5.89. The third-order valence-corrected chi connectivity index (χ3v) is 3.56. The van der Waals surface area contributed by atoms with E-state index in [0.717, 1.165) is 61.6 Å². The molecule has 0 atom stereocenters. The number of hydrogen-bond donors (Lipinski definition) is 0. The minimum atomic E-state index is 0.576. The highest BCUT2D eigenvalue weighted by Gasteiger charge is 2.11. The summed E-state index contributed by atoms with van der Waals surface area (Å²) in [5.41, 5.74) is 2.09. The molecule has 1 aromatic carbocycles. The van der Waals surface area contributed by atoms with Crippen molar-refractivity contribution in [2.24, 2.45) is 0 Å². The van der Waals surface area contributed by atoms with Crippen LogP contribution in [0.1, 0.15) is 25.6 Å². The fourth-order valence-electron chi connectivity index (χ4n) is 2.38. The van der Waals surface area contributed by atoms with Gasteiger partial charge in [0.05, 0.1) is 18.1 Å². The van der Waals surface area contributed by atoms with Gasteiger partial charge in [0, 0.05) is 38.1 Å². The van der Waals surface area contributed by atoms with Gasteiger partial charge in [0.1, 0.15) is 11.6 Å². The summed E-state index contributed by atoms with van der Waals surface area (Å²) < 4.78 is 13.1. The second kappa shape index (κ2) is 8.25. The number of imidazole rings is 1. The Morgan fingerprint density at radius 2 is 2.14 bits per heavy atom. The lowest BCUT2D eigenvalue weighted by Gasteiger charge is -2.09. The van der Waals surface area contributed by atoms with Crippen molar-refractivity contribution in [3.8, 4) is 5.75 Å². The lowest BCUT2D eigenvalue weighted by atomic mass is 10.3. The number of alkyl halides is 1. The van der Waals surface area contributed by atoms with Crippen LogP contribution in [0.15, 0.2) is 18.2 Å². The SMILES string of the molecule is CCCOCCCn1c(CCCl)nc2cc(OC)ccc21. The van der Waals surface area contributed by atoms with Crippen molar-refractivity contribution in [3.63, 3.8) is 0 Å². The third-order valence-electron chi connectivity index (χ3n) is 3.37. The zero-order valence-electron chi connectivity index (χ0n) is 12.8. The molecule has 0 radical (unpaired) electrons. The molecule has 0 unspecified atom stereocenters. The van der Waals surface area contributed by atoms with Crippen LogP contribution < -0.4 is 4.74 Å². The molecule has 0 spiro atoms. The zero-order valence-corrected chi connectivity index (χ0v) is 13.5. The molecule has 2 aromatic rings. The Bertz CT molecular complexity index is 569. The molecule has 1 aromatic heterocycles. The Hall–Kier alpha value is -1.26. The Morgan fingerprint density at radius 1 is 1.29 bits per heavy atom. The van der Waals surface area contributed by atoms with Gasteiger partial charge in [-0.15, -0.1) is 11.6 Å². The summed E-state index contributed by atoms with van der Waals surface area (Å²) in [7, 11) is 1.67. The molecule has 0 fully saturated rings. The standard InChI is InChI=1S/C16H23ClN2O2/c1-3-10-21-11-4-9-19-15-6-5-13(20-2)12-14(15)18-16(19)7-8-17/h5-6,12H,3-4,7-11H2,1-2H3. The van der Waals surface area contributed by atoms with Crippen molar-refractivity contribution >= 4 is 22.6 Å². The van der Waals surface area contributed by atoms with Crippen LogP contribution in [0.3, 0.4) is 0 Å². The van der Waals surface area contributed by atoms with E-state index in [-0.39, 0.29) is 0 Å².